The Morgan fingerprint density at radius 1 is 1.25 bits per heavy atom. The van der Waals surface area contributed by atoms with Gasteiger partial charge in [0.2, 0.25) is 0 Å². The van der Waals surface area contributed by atoms with E-state index in [9.17, 15) is 14.0 Å². The molecule has 2 N–H and O–H groups in total. The third-order valence-corrected chi connectivity index (χ3v) is 6.48. The van der Waals surface area contributed by atoms with E-state index in [1.54, 1.807) is 7.11 Å². The SMILES string of the molecule is COCCCNC(=O)c1c(NC(=O)c2ccc(F)cc2Br)sc2c1CCCC2. The van der Waals surface area contributed by atoms with Gasteiger partial charge in [-0.25, -0.2) is 4.39 Å². The summed E-state index contributed by atoms with van der Waals surface area (Å²) in [5.74, 6) is -0.978. The van der Waals surface area contributed by atoms with Crippen LogP contribution in [-0.4, -0.2) is 32.1 Å². The number of hydrogen-bond acceptors (Lipinski definition) is 4. The van der Waals surface area contributed by atoms with Gasteiger partial charge in [-0.2, -0.15) is 0 Å². The van der Waals surface area contributed by atoms with Gasteiger partial charge in [-0.05, 0) is 71.8 Å². The van der Waals surface area contributed by atoms with Crippen LogP contribution in [-0.2, 0) is 17.6 Å². The first-order chi connectivity index (χ1) is 13.5. The fourth-order valence-corrected chi connectivity index (χ4v) is 5.06. The minimum atomic E-state index is -0.425. The number of halogens is 2. The lowest BCUT2D eigenvalue weighted by molar-refractivity contribution is 0.0948. The molecule has 0 aliphatic heterocycles. The number of anilines is 1. The topological polar surface area (TPSA) is 67.4 Å². The molecule has 0 fully saturated rings. The Morgan fingerprint density at radius 2 is 2.04 bits per heavy atom. The number of amides is 2. The zero-order valence-corrected chi connectivity index (χ0v) is 18.0. The van der Waals surface area contributed by atoms with Crippen LogP contribution in [0.1, 0.15) is 50.4 Å². The Balaban J connectivity index is 1.84. The van der Waals surface area contributed by atoms with E-state index in [4.69, 9.17) is 4.74 Å². The summed E-state index contributed by atoms with van der Waals surface area (Å²) in [4.78, 5) is 26.7. The van der Waals surface area contributed by atoms with Crippen LogP contribution in [0.15, 0.2) is 22.7 Å². The summed E-state index contributed by atoms with van der Waals surface area (Å²) in [6.07, 6.45) is 4.59. The standard InChI is InChI=1S/C20H22BrFN2O3S/c1-27-10-4-9-23-19(26)17-14-5-2-3-6-16(14)28-20(17)24-18(25)13-8-7-12(22)11-15(13)21/h7-8,11H,2-6,9-10H2,1H3,(H,23,26)(H,24,25). The van der Waals surface area contributed by atoms with Gasteiger partial charge in [0.25, 0.3) is 11.8 Å². The van der Waals surface area contributed by atoms with Gasteiger partial charge >= 0.3 is 0 Å². The number of ether oxygens (including phenoxy) is 1. The number of rotatable bonds is 7. The third-order valence-electron chi connectivity index (χ3n) is 4.61. The molecule has 0 spiro atoms. The lowest BCUT2D eigenvalue weighted by Gasteiger charge is -2.13. The number of carbonyl (C=O) groups is 2. The molecule has 5 nitrogen and oxygen atoms in total. The Labute approximate surface area is 175 Å². The smallest absolute Gasteiger partial charge is 0.257 e. The van der Waals surface area contributed by atoms with E-state index in [0.29, 0.717) is 33.8 Å². The van der Waals surface area contributed by atoms with Gasteiger partial charge < -0.3 is 15.4 Å². The van der Waals surface area contributed by atoms with Crippen LogP contribution < -0.4 is 10.6 Å². The number of thiophene rings is 1. The first-order valence-electron chi connectivity index (χ1n) is 9.19. The molecule has 0 bridgehead atoms. The van der Waals surface area contributed by atoms with Crippen LogP contribution in [0.3, 0.4) is 0 Å². The fourth-order valence-electron chi connectivity index (χ4n) is 3.25. The van der Waals surface area contributed by atoms with E-state index < -0.39 is 5.82 Å². The van der Waals surface area contributed by atoms with Gasteiger partial charge in [0.1, 0.15) is 10.8 Å². The number of carbonyl (C=O) groups excluding carboxylic acids is 2. The highest BCUT2D eigenvalue weighted by molar-refractivity contribution is 9.10. The number of aryl methyl sites for hydroxylation is 1. The Hall–Kier alpha value is -1.77. The van der Waals surface area contributed by atoms with E-state index in [-0.39, 0.29) is 11.8 Å². The fraction of sp³-hybridized carbons (Fsp3) is 0.400. The second-order valence-corrected chi connectivity index (χ2v) is 8.56. The van der Waals surface area contributed by atoms with Crippen molar-refractivity contribution in [2.75, 3.05) is 25.6 Å². The zero-order chi connectivity index (χ0) is 20.1. The maximum Gasteiger partial charge on any atom is 0.257 e. The molecule has 1 heterocycles. The summed E-state index contributed by atoms with van der Waals surface area (Å²) in [5.41, 5.74) is 1.91. The summed E-state index contributed by atoms with van der Waals surface area (Å²) in [6, 6.07) is 3.91. The third kappa shape index (κ3) is 4.79. The van der Waals surface area contributed by atoms with Gasteiger partial charge in [-0.3, -0.25) is 9.59 Å². The minimum Gasteiger partial charge on any atom is -0.385 e. The molecule has 1 aromatic heterocycles. The number of hydrogen-bond donors (Lipinski definition) is 2. The largest absolute Gasteiger partial charge is 0.385 e. The second-order valence-electron chi connectivity index (χ2n) is 6.60. The van der Waals surface area contributed by atoms with Gasteiger partial charge in [0.15, 0.2) is 0 Å². The molecule has 0 unspecified atom stereocenters. The van der Waals surface area contributed by atoms with E-state index in [0.717, 1.165) is 42.5 Å². The number of benzene rings is 1. The average Bonchev–Trinajstić information content (AvgIpc) is 3.02. The van der Waals surface area contributed by atoms with Crippen molar-refractivity contribution in [3.05, 3.63) is 50.1 Å². The van der Waals surface area contributed by atoms with Crippen molar-refractivity contribution < 1.29 is 18.7 Å². The molecule has 1 aliphatic carbocycles. The molecule has 28 heavy (non-hydrogen) atoms. The van der Waals surface area contributed by atoms with Crippen LogP contribution in [0, 0.1) is 5.82 Å². The Morgan fingerprint density at radius 3 is 2.79 bits per heavy atom. The lowest BCUT2D eigenvalue weighted by Crippen LogP contribution is -2.27. The van der Waals surface area contributed by atoms with Crippen molar-refractivity contribution in [2.24, 2.45) is 0 Å². The maximum atomic E-state index is 13.3. The van der Waals surface area contributed by atoms with Crippen molar-refractivity contribution in [3.63, 3.8) is 0 Å². The van der Waals surface area contributed by atoms with Crippen LogP contribution in [0.4, 0.5) is 9.39 Å². The first kappa shape index (κ1) is 21.0. The molecule has 0 radical (unpaired) electrons. The van der Waals surface area contributed by atoms with Crippen LogP contribution in [0.5, 0.6) is 0 Å². The molecule has 0 atom stereocenters. The summed E-state index contributed by atoms with van der Waals surface area (Å²) in [7, 11) is 1.62. The molecule has 8 heteroatoms. The number of methoxy groups -OCH3 is 1. The van der Waals surface area contributed by atoms with Gasteiger partial charge in [-0.15, -0.1) is 11.3 Å². The molecule has 1 aromatic carbocycles. The molecule has 1 aliphatic rings. The highest BCUT2D eigenvalue weighted by Gasteiger charge is 2.26. The highest BCUT2D eigenvalue weighted by Crippen LogP contribution is 2.38. The lowest BCUT2D eigenvalue weighted by atomic mass is 9.95. The molecule has 3 rings (SSSR count). The van der Waals surface area contributed by atoms with E-state index in [1.807, 2.05) is 0 Å². The van der Waals surface area contributed by atoms with Crippen LogP contribution in [0.2, 0.25) is 0 Å². The monoisotopic (exact) mass is 468 g/mol. The molecule has 0 saturated heterocycles. The van der Waals surface area contributed by atoms with Crippen molar-refractivity contribution in [1.29, 1.82) is 0 Å². The second kappa shape index (κ2) is 9.62. The summed E-state index contributed by atoms with van der Waals surface area (Å²) < 4.78 is 18.7. The van der Waals surface area contributed by atoms with Gasteiger partial charge in [-0.1, -0.05) is 0 Å². The molecule has 150 valence electrons. The van der Waals surface area contributed by atoms with Crippen molar-refractivity contribution in [2.45, 2.75) is 32.1 Å². The zero-order valence-electron chi connectivity index (χ0n) is 15.6. The predicted octanol–water partition coefficient (Wildman–Crippen LogP) is 4.55. The molecular formula is C20H22BrFN2O3S. The first-order valence-corrected chi connectivity index (χ1v) is 10.8. The van der Waals surface area contributed by atoms with Crippen molar-refractivity contribution >= 4 is 44.1 Å². The summed E-state index contributed by atoms with van der Waals surface area (Å²) >= 11 is 4.69. The van der Waals surface area contributed by atoms with Crippen LogP contribution in [0.25, 0.3) is 0 Å². The summed E-state index contributed by atoms with van der Waals surface area (Å²) in [6.45, 7) is 1.08. The maximum absolute atomic E-state index is 13.3. The molecule has 2 aromatic rings. The quantitative estimate of drug-likeness (QED) is 0.585. The molecular weight excluding hydrogens is 447 g/mol. The Bertz CT molecular complexity index is 885. The predicted molar refractivity (Wildman–Crippen MR) is 112 cm³/mol. The number of fused-ring (bicyclic) bond motifs is 1. The normalized spacial score (nSPS) is 13.1. The van der Waals surface area contributed by atoms with Gasteiger partial charge in [0, 0.05) is 29.6 Å². The molecule has 0 saturated carbocycles. The van der Waals surface area contributed by atoms with Crippen molar-refractivity contribution in [3.8, 4) is 0 Å². The Kier molecular flexibility index (Phi) is 7.20. The molecule has 2 amide bonds. The highest BCUT2D eigenvalue weighted by atomic mass is 79.9. The minimum absolute atomic E-state index is 0.177. The van der Waals surface area contributed by atoms with Gasteiger partial charge in [0.05, 0.1) is 11.1 Å². The average molecular weight is 469 g/mol. The van der Waals surface area contributed by atoms with Crippen LogP contribution >= 0.6 is 27.3 Å². The van der Waals surface area contributed by atoms with E-state index in [1.165, 1.54) is 29.5 Å². The van der Waals surface area contributed by atoms with Crippen molar-refractivity contribution in [1.82, 2.24) is 5.32 Å². The number of nitrogens with one attached hydrogen (secondary N) is 2. The van der Waals surface area contributed by atoms with E-state index in [2.05, 4.69) is 26.6 Å². The summed E-state index contributed by atoms with van der Waals surface area (Å²) in [5, 5.41) is 6.34. The van der Waals surface area contributed by atoms with E-state index >= 15 is 0 Å².